The molecule has 0 fully saturated rings. The van der Waals surface area contributed by atoms with Crippen LogP contribution in [0.15, 0.2) is 54.6 Å². The minimum absolute atomic E-state index is 0.108. The number of carbonyl (C=O) groups excluding carboxylic acids is 1. The molecule has 26 heavy (non-hydrogen) atoms. The first-order chi connectivity index (χ1) is 12.8. The normalized spacial score (nSPS) is 15.0. The summed E-state index contributed by atoms with van der Waals surface area (Å²) in [5.74, 6) is 1.64. The molecule has 4 nitrogen and oxygen atoms in total. The van der Waals surface area contributed by atoms with Crippen LogP contribution in [0.4, 0.5) is 0 Å². The lowest BCUT2D eigenvalue weighted by molar-refractivity contribution is 0.0739. The summed E-state index contributed by atoms with van der Waals surface area (Å²) in [5, 5.41) is 0. The summed E-state index contributed by atoms with van der Waals surface area (Å²) in [6.45, 7) is 1.72. The third-order valence-electron chi connectivity index (χ3n) is 4.89. The predicted octanol–water partition coefficient (Wildman–Crippen LogP) is 4.34. The van der Waals surface area contributed by atoms with Crippen LogP contribution in [0.2, 0.25) is 0 Å². The van der Waals surface area contributed by atoms with Crippen molar-refractivity contribution in [2.24, 2.45) is 0 Å². The van der Waals surface area contributed by atoms with Gasteiger partial charge in [0.25, 0.3) is 5.91 Å². The highest BCUT2D eigenvalue weighted by atomic mass is 32.1. The summed E-state index contributed by atoms with van der Waals surface area (Å²) >= 11 is 1.53. The molecule has 0 unspecified atom stereocenters. The Morgan fingerprint density at radius 3 is 2.73 bits per heavy atom. The number of amides is 1. The molecule has 0 bridgehead atoms. The largest absolute Gasteiger partial charge is 0.454 e. The smallest absolute Gasteiger partial charge is 0.264 e. The Bertz CT molecular complexity index is 994. The molecule has 0 radical (unpaired) electrons. The van der Waals surface area contributed by atoms with Crippen molar-refractivity contribution >= 4 is 17.2 Å². The molecule has 0 atom stereocenters. The summed E-state index contributed by atoms with van der Waals surface area (Å²) in [7, 11) is 0. The van der Waals surface area contributed by atoms with Gasteiger partial charge < -0.3 is 14.4 Å². The molecule has 2 aliphatic heterocycles. The summed E-state index contributed by atoms with van der Waals surface area (Å²) in [4.78, 5) is 16.7. The molecule has 1 aromatic heterocycles. The number of ether oxygens (including phenoxy) is 2. The zero-order valence-corrected chi connectivity index (χ0v) is 14.9. The number of hydrogen-bond acceptors (Lipinski definition) is 4. The molecule has 0 saturated carbocycles. The van der Waals surface area contributed by atoms with Gasteiger partial charge in [-0.15, -0.1) is 11.3 Å². The van der Waals surface area contributed by atoms with Crippen molar-refractivity contribution in [3.63, 3.8) is 0 Å². The second kappa shape index (κ2) is 6.18. The van der Waals surface area contributed by atoms with Crippen LogP contribution < -0.4 is 9.47 Å². The Labute approximate surface area is 155 Å². The number of benzene rings is 2. The van der Waals surface area contributed by atoms with Crippen molar-refractivity contribution in [1.82, 2.24) is 4.90 Å². The zero-order chi connectivity index (χ0) is 17.5. The maximum atomic E-state index is 12.9. The van der Waals surface area contributed by atoms with E-state index in [2.05, 4.69) is 18.2 Å². The molecule has 0 spiro atoms. The number of fused-ring (bicyclic) bond motifs is 2. The molecule has 2 aromatic carbocycles. The van der Waals surface area contributed by atoms with Crippen LogP contribution in [-0.4, -0.2) is 24.1 Å². The standard InChI is InChI=1S/C21H17NO3S/c23-21(22-10-9-14-3-1-2-4-16(14)12-22)20-8-7-19(26-20)15-5-6-17-18(11-15)25-13-24-17/h1-8,11H,9-10,12-13H2. The third-order valence-corrected chi connectivity index (χ3v) is 6.01. The molecule has 130 valence electrons. The summed E-state index contributed by atoms with van der Waals surface area (Å²) in [6, 6.07) is 18.2. The molecule has 0 saturated heterocycles. The zero-order valence-electron chi connectivity index (χ0n) is 14.1. The van der Waals surface area contributed by atoms with Crippen molar-refractivity contribution < 1.29 is 14.3 Å². The van der Waals surface area contributed by atoms with Gasteiger partial charge in [0.15, 0.2) is 11.5 Å². The highest BCUT2D eigenvalue weighted by Crippen LogP contribution is 2.38. The Hall–Kier alpha value is -2.79. The van der Waals surface area contributed by atoms with Crippen molar-refractivity contribution in [2.75, 3.05) is 13.3 Å². The second-order valence-corrected chi connectivity index (χ2v) is 7.56. The monoisotopic (exact) mass is 363 g/mol. The van der Waals surface area contributed by atoms with Gasteiger partial charge in [-0.25, -0.2) is 0 Å². The van der Waals surface area contributed by atoms with E-state index in [-0.39, 0.29) is 12.7 Å². The molecule has 0 aliphatic carbocycles. The summed E-state index contributed by atoms with van der Waals surface area (Å²) in [6.07, 6.45) is 0.919. The average Bonchev–Trinajstić information content (AvgIpc) is 3.35. The second-order valence-electron chi connectivity index (χ2n) is 6.48. The minimum Gasteiger partial charge on any atom is -0.454 e. The van der Waals surface area contributed by atoms with Crippen molar-refractivity contribution in [3.05, 3.63) is 70.6 Å². The van der Waals surface area contributed by atoms with Gasteiger partial charge in [0.1, 0.15) is 0 Å². The third kappa shape index (κ3) is 2.65. The Morgan fingerprint density at radius 1 is 0.962 bits per heavy atom. The van der Waals surface area contributed by atoms with Crippen LogP contribution >= 0.6 is 11.3 Å². The van der Waals surface area contributed by atoms with Gasteiger partial charge in [-0.1, -0.05) is 24.3 Å². The Balaban J connectivity index is 1.38. The highest BCUT2D eigenvalue weighted by Gasteiger charge is 2.23. The molecule has 3 aromatic rings. The molecule has 0 N–H and O–H groups in total. The molecular weight excluding hydrogens is 346 g/mol. The minimum atomic E-state index is 0.108. The summed E-state index contributed by atoms with van der Waals surface area (Å²) in [5.41, 5.74) is 3.64. The predicted molar refractivity (Wildman–Crippen MR) is 101 cm³/mol. The van der Waals surface area contributed by atoms with Crippen molar-refractivity contribution in [3.8, 4) is 21.9 Å². The van der Waals surface area contributed by atoms with Crippen LogP contribution in [0, 0.1) is 0 Å². The highest BCUT2D eigenvalue weighted by molar-refractivity contribution is 7.17. The van der Waals surface area contributed by atoms with Gasteiger partial charge in [0.05, 0.1) is 4.88 Å². The first kappa shape index (κ1) is 15.5. The SMILES string of the molecule is O=C(c1ccc(-c2ccc3c(c2)OCO3)s1)N1CCc2ccccc2C1. The van der Waals surface area contributed by atoms with E-state index in [1.54, 1.807) is 0 Å². The van der Waals surface area contributed by atoms with Gasteiger partial charge in [-0.3, -0.25) is 4.79 Å². The van der Waals surface area contributed by atoms with E-state index in [0.717, 1.165) is 39.8 Å². The number of thiophene rings is 1. The molecule has 1 amide bonds. The molecule has 3 heterocycles. The maximum absolute atomic E-state index is 12.9. The van der Waals surface area contributed by atoms with E-state index >= 15 is 0 Å². The molecule has 5 heteroatoms. The van der Waals surface area contributed by atoms with Gasteiger partial charge in [-0.05, 0) is 53.4 Å². The van der Waals surface area contributed by atoms with Crippen LogP contribution in [-0.2, 0) is 13.0 Å². The van der Waals surface area contributed by atoms with E-state index in [9.17, 15) is 4.79 Å². The fourth-order valence-corrected chi connectivity index (χ4v) is 4.45. The molecule has 5 rings (SSSR count). The average molecular weight is 363 g/mol. The maximum Gasteiger partial charge on any atom is 0.264 e. The number of nitrogens with zero attached hydrogens (tertiary/aromatic N) is 1. The van der Waals surface area contributed by atoms with E-state index in [0.29, 0.717) is 6.54 Å². The first-order valence-corrected chi connectivity index (χ1v) is 9.45. The molecular formula is C21H17NO3S. The Kier molecular flexibility index (Phi) is 3.68. The lowest BCUT2D eigenvalue weighted by atomic mass is 10.00. The van der Waals surface area contributed by atoms with Crippen molar-refractivity contribution in [1.29, 1.82) is 0 Å². The van der Waals surface area contributed by atoms with Crippen LogP contribution in [0.25, 0.3) is 10.4 Å². The number of carbonyl (C=O) groups is 1. The fourth-order valence-electron chi connectivity index (χ4n) is 3.48. The van der Waals surface area contributed by atoms with Gasteiger partial charge >= 0.3 is 0 Å². The van der Waals surface area contributed by atoms with Gasteiger partial charge in [0.2, 0.25) is 6.79 Å². The fraction of sp³-hybridized carbons (Fsp3) is 0.190. The topological polar surface area (TPSA) is 38.8 Å². The number of hydrogen-bond donors (Lipinski definition) is 0. The van der Waals surface area contributed by atoms with E-state index < -0.39 is 0 Å². The van der Waals surface area contributed by atoms with Gasteiger partial charge in [-0.2, -0.15) is 0 Å². The van der Waals surface area contributed by atoms with E-state index in [1.807, 2.05) is 41.3 Å². The van der Waals surface area contributed by atoms with E-state index in [1.165, 1.54) is 22.5 Å². The van der Waals surface area contributed by atoms with Crippen LogP contribution in [0.3, 0.4) is 0 Å². The Morgan fingerprint density at radius 2 is 1.81 bits per heavy atom. The van der Waals surface area contributed by atoms with E-state index in [4.69, 9.17) is 9.47 Å². The molecule has 2 aliphatic rings. The lowest BCUT2D eigenvalue weighted by Crippen LogP contribution is -2.35. The van der Waals surface area contributed by atoms with Crippen LogP contribution in [0.1, 0.15) is 20.8 Å². The quantitative estimate of drug-likeness (QED) is 0.680. The first-order valence-electron chi connectivity index (χ1n) is 8.64. The van der Waals surface area contributed by atoms with Crippen LogP contribution in [0.5, 0.6) is 11.5 Å². The number of rotatable bonds is 2. The van der Waals surface area contributed by atoms with Gasteiger partial charge in [0, 0.05) is 18.0 Å². The lowest BCUT2D eigenvalue weighted by Gasteiger charge is -2.28. The summed E-state index contributed by atoms with van der Waals surface area (Å²) < 4.78 is 10.8. The van der Waals surface area contributed by atoms with Crippen molar-refractivity contribution in [2.45, 2.75) is 13.0 Å².